The van der Waals surface area contributed by atoms with E-state index in [1.807, 2.05) is 0 Å². The number of carbonyl (C=O) groups is 2. The van der Waals surface area contributed by atoms with Crippen molar-refractivity contribution in [3.63, 3.8) is 0 Å². The first kappa shape index (κ1) is 22.2. The molecule has 2 atom stereocenters. The maximum absolute atomic E-state index is 15.0. The molecule has 1 saturated heterocycles. The molecule has 2 aliphatic rings. The van der Waals surface area contributed by atoms with Gasteiger partial charge in [0.2, 0.25) is 0 Å². The normalized spacial score (nSPS) is 21.7. The lowest BCUT2D eigenvalue weighted by atomic mass is 9.83. The van der Waals surface area contributed by atoms with Crippen LogP contribution in [0.15, 0.2) is 18.3 Å². The number of fused-ring (bicyclic) bond motifs is 2. The largest absolute Gasteiger partial charge is 0.436 e. The lowest BCUT2D eigenvalue weighted by Gasteiger charge is -2.45. The van der Waals surface area contributed by atoms with E-state index in [1.165, 1.54) is 17.0 Å². The summed E-state index contributed by atoms with van der Waals surface area (Å²) in [7, 11) is 0. The van der Waals surface area contributed by atoms with Gasteiger partial charge in [0.05, 0.1) is 29.0 Å². The van der Waals surface area contributed by atoms with Gasteiger partial charge in [0.1, 0.15) is 17.4 Å². The number of nitrogen functional groups attached to an aromatic ring is 1. The Morgan fingerprint density at radius 2 is 2.12 bits per heavy atom. The summed E-state index contributed by atoms with van der Waals surface area (Å²) < 4.78 is 60.1. The quantitative estimate of drug-likeness (QED) is 0.637. The molecule has 0 saturated carbocycles. The molecule has 0 radical (unpaired) electrons. The van der Waals surface area contributed by atoms with Gasteiger partial charge in [0.25, 0.3) is 5.91 Å². The molecule has 13 heteroatoms. The SMILES string of the molecule is CC(n1ncc(C(=O)N2CCC[C@@]3(C2)OC(=O)Nc2ccc(Cl)c(F)c23)c1N)C(F)(F)F. The van der Waals surface area contributed by atoms with Gasteiger partial charge < -0.3 is 15.4 Å². The number of nitrogens with two attached hydrogens (primary N) is 1. The highest BCUT2D eigenvalue weighted by Gasteiger charge is 2.49. The van der Waals surface area contributed by atoms with Crippen molar-refractivity contribution in [2.75, 3.05) is 24.1 Å². The lowest BCUT2D eigenvalue weighted by molar-refractivity contribution is -0.164. The Kier molecular flexibility index (Phi) is 5.23. The molecule has 8 nitrogen and oxygen atoms in total. The number of benzene rings is 1. The fourth-order valence-corrected chi connectivity index (χ4v) is 4.26. The predicted octanol–water partition coefficient (Wildman–Crippen LogP) is 4.07. The standard InChI is InChI=1S/C19H18ClF4N5O3/c1-9(19(22,23)24)29-15(25)10(7-26-29)16(30)28-6-2-5-18(8-28)13-12(27-17(31)32-18)4-3-11(20)14(13)21/h3-4,7,9H,2,5-6,8,25H2,1H3,(H,27,31)/t9?,18-/m0/s1. The van der Waals surface area contributed by atoms with Gasteiger partial charge >= 0.3 is 12.3 Å². The zero-order valence-electron chi connectivity index (χ0n) is 16.7. The number of piperidine rings is 1. The minimum absolute atomic E-state index is 0.0106. The number of rotatable bonds is 2. The number of hydrogen-bond donors (Lipinski definition) is 2. The van der Waals surface area contributed by atoms with Crippen LogP contribution in [0.1, 0.15) is 41.7 Å². The van der Waals surface area contributed by atoms with Gasteiger partial charge in [-0.05, 0) is 31.9 Å². The van der Waals surface area contributed by atoms with E-state index < -0.39 is 41.5 Å². The zero-order valence-corrected chi connectivity index (χ0v) is 17.4. The van der Waals surface area contributed by atoms with Gasteiger partial charge in [0.15, 0.2) is 11.4 Å². The van der Waals surface area contributed by atoms with Crippen molar-refractivity contribution in [1.82, 2.24) is 14.7 Å². The Bertz CT molecular complexity index is 1110. The van der Waals surface area contributed by atoms with Crippen LogP contribution in [0.25, 0.3) is 0 Å². The Balaban J connectivity index is 1.68. The summed E-state index contributed by atoms with van der Waals surface area (Å²) in [5.41, 5.74) is 4.24. The van der Waals surface area contributed by atoms with Gasteiger partial charge in [-0.25, -0.2) is 13.9 Å². The second-order valence-corrected chi connectivity index (χ2v) is 8.14. The number of aromatic nitrogens is 2. The minimum atomic E-state index is -4.61. The zero-order chi connectivity index (χ0) is 23.4. The van der Waals surface area contributed by atoms with Crippen LogP contribution >= 0.6 is 11.6 Å². The number of amides is 2. The van der Waals surface area contributed by atoms with E-state index in [0.29, 0.717) is 11.1 Å². The van der Waals surface area contributed by atoms with Crippen LogP contribution in [0.4, 0.5) is 33.9 Å². The number of hydrogen-bond acceptors (Lipinski definition) is 5. The van der Waals surface area contributed by atoms with Gasteiger partial charge in [-0.3, -0.25) is 10.1 Å². The predicted molar refractivity (Wildman–Crippen MR) is 106 cm³/mol. The number of likely N-dealkylation sites (tertiary alicyclic amines) is 1. The van der Waals surface area contributed by atoms with Crippen LogP contribution in [0, 0.1) is 5.82 Å². The van der Waals surface area contributed by atoms with Crippen molar-refractivity contribution in [3.05, 3.63) is 40.3 Å². The van der Waals surface area contributed by atoms with E-state index in [2.05, 4.69) is 10.4 Å². The summed E-state index contributed by atoms with van der Waals surface area (Å²) in [5, 5.41) is 5.86. The van der Waals surface area contributed by atoms with E-state index in [-0.39, 0.29) is 41.3 Å². The third kappa shape index (κ3) is 3.51. The molecule has 2 aliphatic heterocycles. The number of anilines is 2. The van der Waals surface area contributed by atoms with E-state index in [9.17, 15) is 27.2 Å². The van der Waals surface area contributed by atoms with Crippen LogP contribution < -0.4 is 11.1 Å². The molecule has 0 aliphatic carbocycles. The molecular weight excluding hydrogens is 458 g/mol. The molecule has 2 aromatic rings. The Labute approximate surface area is 184 Å². The molecule has 1 aromatic heterocycles. The number of nitrogens with zero attached hydrogens (tertiary/aromatic N) is 3. The molecule has 172 valence electrons. The summed E-state index contributed by atoms with van der Waals surface area (Å²) in [6.45, 7) is 0.830. The van der Waals surface area contributed by atoms with Gasteiger partial charge in [0, 0.05) is 6.54 Å². The van der Waals surface area contributed by atoms with Gasteiger partial charge in [-0.1, -0.05) is 11.6 Å². The third-order valence-electron chi connectivity index (χ3n) is 5.72. The Morgan fingerprint density at radius 1 is 1.41 bits per heavy atom. The number of halogens is 5. The fourth-order valence-electron chi connectivity index (χ4n) is 4.10. The number of carbonyl (C=O) groups excluding carboxylic acids is 2. The highest BCUT2D eigenvalue weighted by molar-refractivity contribution is 6.31. The molecule has 1 fully saturated rings. The smallest absolute Gasteiger partial charge is 0.412 e. The average Bonchev–Trinajstić information content (AvgIpc) is 3.09. The number of alkyl halides is 3. The summed E-state index contributed by atoms with van der Waals surface area (Å²) in [4.78, 5) is 26.5. The first-order chi connectivity index (χ1) is 14.9. The van der Waals surface area contributed by atoms with Crippen LogP contribution in [-0.2, 0) is 10.3 Å². The van der Waals surface area contributed by atoms with E-state index in [1.54, 1.807) is 0 Å². The lowest BCUT2D eigenvalue weighted by Crippen LogP contribution is -2.53. The minimum Gasteiger partial charge on any atom is -0.436 e. The van der Waals surface area contributed by atoms with E-state index >= 15 is 0 Å². The molecule has 32 heavy (non-hydrogen) atoms. The van der Waals surface area contributed by atoms with Crippen molar-refractivity contribution >= 4 is 35.1 Å². The van der Waals surface area contributed by atoms with E-state index in [4.69, 9.17) is 22.1 Å². The maximum atomic E-state index is 15.0. The van der Waals surface area contributed by atoms with Crippen molar-refractivity contribution in [2.45, 2.75) is 37.6 Å². The summed E-state index contributed by atoms with van der Waals surface area (Å²) in [5.74, 6) is -1.94. The average molecular weight is 476 g/mol. The summed E-state index contributed by atoms with van der Waals surface area (Å²) >= 11 is 5.93. The topological polar surface area (TPSA) is 102 Å². The maximum Gasteiger partial charge on any atom is 0.412 e. The second kappa shape index (κ2) is 7.54. The van der Waals surface area contributed by atoms with Crippen LogP contribution in [0.5, 0.6) is 0 Å². The molecule has 1 unspecified atom stereocenters. The van der Waals surface area contributed by atoms with Crippen LogP contribution in [-0.4, -0.2) is 45.9 Å². The van der Waals surface area contributed by atoms with Crippen molar-refractivity contribution in [2.24, 2.45) is 0 Å². The monoisotopic (exact) mass is 475 g/mol. The molecular formula is C19H18ClF4N5O3. The first-order valence-corrected chi connectivity index (χ1v) is 10.00. The van der Waals surface area contributed by atoms with Crippen LogP contribution in [0.3, 0.4) is 0 Å². The molecule has 1 aromatic carbocycles. The Hall–Kier alpha value is -3.02. The fraction of sp³-hybridized carbons (Fsp3) is 0.421. The molecule has 2 amide bonds. The van der Waals surface area contributed by atoms with E-state index in [0.717, 1.165) is 13.1 Å². The molecule has 0 bridgehead atoms. The second-order valence-electron chi connectivity index (χ2n) is 7.73. The van der Waals surface area contributed by atoms with Crippen molar-refractivity contribution < 1.29 is 31.9 Å². The number of ether oxygens (including phenoxy) is 1. The van der Waals surface area contributed by atoms with Crippen molar-refractivity contribution in [3.8, 4) is 0 Å². The first-order valence-electron chi connectivity index (χ1n) is 9.62. The van der Waals surface area contributed by atoms with Gasteiger partial charge in [-0.15, -0.1) is 0 Å². The highest BCUT2D eigenvalue weighted by Crippen LogP contribution is 2.45. The molecule has 3 N–H and O–H groups in total. The summed E-state index contributed by atoms with van der Waals surface area (Å²) in [6.07, 6.45) is -3.92. The number of nitrogens with one attached hydrogen (secondary N) is 1. The molecule has 4 rings (SSSR count). The highest BCUT2D eigenvalue weighted by atomic mass is 35.5. The van der Waals surface area contributed by atoms with Gasteiger partial charge in [-0.2, -0.15) is 18.3 Å². The molecule has 1 spiro atoms. The Morgan fingerprint density at radius 3 is 2.81 bits per heavy atom. The van der Waals surface area contributed by atoms with Crippen LogP contribution in [0.2, 0.25) is 5.02 Å². The van der Waals surface area contributed by atoms with Crippen molar-refractivity contribution in [1.29, 1.82) is 0 Å². The summed E-state index contributed by atoms with van der Waals surface area (Å²) in [6, 6.07) is 0.687. The molecule has 3 heterocycles. The third-order valence-corrected chi connectivity index (χ3v) is 6.01.